The molecule has 0 saturated heterocycles. The largest absolute Gasteiger partial charge is 0.444 e. The lowest BCUT2D eigenvalue weighted by molar-refractivity contribution is -0.110. The van der Waals surface area contributed by atoms with Crippen LogP contribution in [0.5, 0.6) is 0 Å². The highest BCUT2D eigenvalue weighted by atomic mass is 127. The highest BCUT2D eigenvalue weighted by Crippen LogP contribution is 2.21. The van der Waals surface area contributed by atoms with E-state index in [-0.39, 0.29) is 12.2 Å². The molecule has 0 radical (unpaired) electrons. The molecule has 0 fully saturated rings. The maximum Gasteiger partial charge on any atom is 0.409 e. The molecule has 1 N–H and O–H groups in total. The molecule has 0 bridgehead atoms. The van der Waals surface area contributed by atoms with E-state index in [1.807, 2.05) is 22.6 Å². The molecule has 0 aliphatic heterocycles. The van der Waals surface area contributed by atoms with Gasteiger partial charge in [0.1, 0.15) is 11.4 Å². The number of hydrogen-bond donors (Lipinski definition) is 1. The zero-order chi connectivity index (χ0) is 15.4. The summed E-state index contributed by atoms with van der Waals surface area (Å²) in [5.41, 5.74) is -0.0360. The Morgan fingerprint density at radius 3 is 2.60 bits per heavy atom. The van der Waals surface area contributed by atoms with Crippen molar-refractivity contribution in [3.05, 3.63) is 35.6 Å². The molecule has 4 nitrogen and oxygen atoms in total. The van der Waals surface area contributed by atoms with E-state index in [2.05, 4.69) is 5.32 Å². The number of amides is 1. The quantitative estimate of drug-likeness (QED) is 0.370. The van der Waals surface area contributed by atoms with Gasteiger partial charge in [-0.25, -0.2) is 9.18 Å². The lowest BCUT2D eigenvalue weighted by atomic mass is 10.1. The van der Waals surface area contributed by atoms with Crippen molar-refractivity contribution in [2.45, 2.75) is 36.3 Å². The Labute approximate surface area is 131 Å². The summed E-state index contributed by atoms with van der Waals surface area (Å²) >= 11 is 1.82. The summed E-state index contributed by atoms with van der Waals surface area (Å²) in [5, 5.41) is 2.50. The first-order valence-electron chi connectivity index (χ1n) is 6.04. The van der Waals surface area contributed by atoms with Gasteiger partial charge in [0.05, 0.1) is 0 Å². The molecule has 0 aliphatic rings. The van der Waals surface area contributed by atoms with Crippen molar-refractivity contribution in [3.8, 4) is 0 Å². The molecule has 1 rings (SSSR count). The molecule has 0 heterocycles. The number of rotatable bonds is 4. The van der Waals surface area contributed by atoms with Crippen LogP contribution < -0.4 is 5.32 Å². The molecule has 6 heteroatoms. The molecule has 0 spiro atoms. The summed E-state index contributed by atoms with van der Waals surface area (Å²) in [4.78, 5) is 23.0. The summed E-state index contributed by atoms with van der Waals surface area (Å²) in [7, 11) is 0. The topological polar surface area (TPSA) is 55.4 Å². The number of hydrogen-bond acceptors (Lipinski definition) is 3. The number of nitrogens with one attached hydrogen (secondary N) is 1. The summed E-state index contributed by atoms with van der Waals surface area (Å²) in [6.07, 6.45) is 0.103. The van der Waals surface area contributed by atoms with Gasteiger partial charge in [0.2, 0.25) is 0 Å². The number of aldehydes is 1. The maximum absolute atomic E-state index is 13.1. The third-order valence-corrected chi connectivity index (χ3v) is 3.15. The van der Waals surface area contributed by atoms with E-state index < -0.39 is 15.2 Å². The van der Waals surface area contributed by atoms with Crippen LogP contribution >= 0.6 is 22.6 Å². The Balaban J connectivity index is 2.77. The van der Waals surface area contributed by atoms with Crippen LogP contribution in [0.4, 0.5) is 9.18 Å². The van der Waals surface area contributed by atoms with Gasteiger partial charge in [-0.05, 0) is 61.1 Å². The molecular formula is C14H17FINO3. The number of carbonyl (C=O) groups excluding carboxylic acids is 2. The van der Waals surface area contributed by atoms with Crippen LogP contribution in [0.1, 0.15) is 26.3 Å². The highest BCUT2D eigenvalue weighted by Gasteiger charge is 2.30. The second kappa shape index (κ2) is 6.51. The predicted molar refractivity (Wildman–Crippen MR) is 82.3 cm³/mol. The molecule has 20 heavy (non-hydrogen) atoms. The normalized spacial score (nSPS) is 14.2. The number of halogens is 2. The minimum atomic E-state index is -1.17. The molecule has 1 aromatic carbocycles. The monoisotopic (exact) mass is 393 g/mol. The molecule has 1 atom stereocenters. The molecule has 1 unspecified atom stereocenters. The zero-order valence-corrected chi connectivity index (χ0v) is 13.7. The van der Waals surface area contributed by atoms with E-state index in [1.54, 1.807) is 32.9 Å². The number of ether oxygens (including phenoxy) is 1. The zero-order valence-electron chi connectivity index (χ0n) is 11.6. The Bertz CT molecular complexity index is 501. The molecule has 110 valence electrons. The fourth-order valence-corrected chi connectivity index (χ4v) is 2.19. The van der Waals surface area contributed by atoms with Crippen LogP contribution in [0, 0.1) is 5.82 Å². The fourth-order valence-electron chi connectivity index (χ4n) is 1.53. The predicted octanol–water partition coefficient (Wildman–Crippen LogP) is 3.22. The fraction of sp³-hybridized carbons (Fsp3) is 0.429. The minimum absolute atomic E-state index is 0.175. The van der Waals surface area contributed by atoms with Crippen LogP contribution in [0.3, 0.4) is 0 Å². The van der Waals surface area contributed by atoms with Gasteiger partial charge in [0.25, 0.3) is 0 Å². The van der Waals surface area contributed by atoms with E-state index in [9.17, 15) is 14.0 Å². The lowest BCUT2D eigenvalue weighted by Crippen LogP contribution is -2.48. The molecule has 0 saturated carbocycles. The van der Waals surface area contributed by atoms with Crippen molar-refractivity contribution in [2.75, 3.05) is 0 Å². The third-order valence-electron chi connectivity index (χ3n) is 2.25. The van der Waals surface area contributed by atoms with Crippen molar-refractivity contribution in [1.29, 1.82) is 0 Å². The van der Waals surface area contributed by atoms with Crippen LogP contribution in [0.2, 0.25) is 0 Å². The van der Waals surface area contributed by atoms with Crippen molar-refractivity contribution in [3.63, 3.8) is 0 Å². The third kappa shape index (κ3) is 5.85. The average Bonchev–Trinajstić information content (AvgIpc) is 2.25. The van der Waals surface area contributed by atoms with Crippen LogP contribution in [-0.2, 0) is 16.0 Å². The van der Waals surface area contributed by atoms with Gasteiger partial charge in [-0.2, -0.15) is 0 Å². The van der Waals surface area contributed by atoms with E-state index >= 15 is 0 Å². The number of alkyl carbamates (subject to hydrolysis) is 1. The summed E-state index contributed by atoms with van der Waals surface area (Å²) in [5.74, 6) is -0.385. The minimum Gasteiger partial charge on any atom is -0.444 e. The van der Waals surface area contributed by atoms with Gasteiger partial charge >= 0.3 is 6.09 Å². The first-order valence-corrected chi connectivity index (χ1v) is 7.12. The lowest BCUT2D eigenvalue weighted by Gasteiger charge is -2.26. The molecule has 1 aromatic rings. The van der Waals surface area contributed by atoms with Crippen molar-refractivity contribution >= 4 is 35.0 Å². The second-order valence-corrected chi connectivity index (χ2v) is 7.34. The van der Waals surface area contributed by atoms with Crippen LogP contribution in [0.15, 0.2) is 24.3 Å². The van der Waals surface area contributed by atoms with Gasteiger partial charge in [-0.3, -0.25) is 4.79 Å². The summed E-state index contributed by atoms with van der Waals surface area (Å²) in [6.45, 7) is 5.19. The van der Waals surface area contributed by atoms with E-state index in [1.165, 1.54) is 12.1 Å². The Morgan fingerprint density at radius 2 is 2.10 bits per heavy atom. The smallest absolute Gasteiger partial charge is 0.409 e. The van der Waals surface area contributed by atoms with Gasteiger partial charge in [-0.15, -0.1) is 0 Å². The van der Waals surface area contributed by atoms with Crippen molar-refractivity contribution in [2.24, 2.45) is 0 Å². The Morgan fingerprint density at radius 1 is 1.45 bits per heavy atom. The number of carbonyl (C=O) groups is 2. The number of alkyl halides is 1. The van der Waals surface area contributed by atoms with E-state index in [0.717, 1.165) is 0 Å². The van der Waals surface area contributed by atoms with Gasteiger partial charge in [0, 0.05) is 6.42 Å². The van der Waals surface area contributed by atoms with Crippen molar-refractivity contribution in [1.82, 2.24) is 5.32 Å². The standard InChI is InChI=1S/C14H17FINO3/c1-13(2,3)20-12(19)17-14(16,9-18)8-10-5-4-6-11(15)7-10/h4-7,9H,8H2,1-3H3,(H,17,19). The summed E-state index contributed by atoms with van der Waals surface area (Å²) in [6, 6.07) is 5.89. The Kier molecular flexibility index (Phi) is 5.50. The maximum atomic E-state index is 13.1. The average molecular weight is 393 g/mol. The first kappa shape index (κ1) is 16.9. The van der Waals surface area contributed by atoms with E-state index in [4.69, 9.17) is 4.74 Å². The van der Waals surface area contributed by atoms with Gasteiger partial charge < -0.3 is 10.1 Å². The summed E-state index contributed by atoms with van der Waals surface area (Å²) < 4.78 is 17.1. The van der Waals surface area contributed by atoms with E-state index in [0.29, 0.717) is 11.8 Å². The second-order valence-electron chi connectivity index (χ2n) is 5.41. The highest BCUT2D eigenvalue weighted by molar-refractivity contribution is 14.1. The molecular weight excluding hydrogens is 376 g/mol. The van der Waals surface area contributed by atoms with Crippen LogP contribution in [-0.4, -0.2) is 21.5 Å². The molecule has 0 aliphatic carbocycles. The SMILES string of the molecule is CC(C)(C)OC(=O)NC(I)(C=O)Cc1cccc(F)c1. The molecule has 1 amide bonds. The number of benzene rings is 1. The Hall–Kier alpha value is -1.18. The van der Waals surface area contributed by atoms with Gasteiger partial charge in [0.15, 0.2) is 9.83 Å². The van der Waals surface area contributed by atoms with Crippen LogP contribution in [0.25, 0.3) is 0 Å². The van der Waals surface area contributed by atoms with Crippen molar-refractivity contribution < 1.29 is 18.7 Å². The van der Waals surface area contributed by atoms with Gasteiger partial charge in [-0.1, -0.05) is 12.1 Å². The first-order chi connectivity index (χ1) is 9.13. The molecule has 0 aromatic heterocycles.